The quantitative estimate of drug-likeness (QED) is 0.856. The summed E-state index contributed by atoms with van der Waals surface area (Å²) in [5, 5.41) is 0. The Hall–Kier alpha value is -1.71. The van der Waals surface area contributed by atoms with Crippen LogP contribution in [0.2, 0.25) is 0 Å². The Morgan fingerprint density at radius 1 is 1.14 bits per heavy atom. The van der Waals surface area contributed by atoms with Gasteiger partial charge in [-0.3, -0.25) is 4.90 Å². The molecule has 4 heteroatoms. The van der Waals surface area contributed by atoms with E-state index < -0.39 is 0 Å². The number of amides is 1. The first-order valence-electron chi connectivity index (χ1n) is 7.85. The zero-order valence-electron chi connectivity index (χ0n) is 13.5. The molecule has 1 aromatic carbocycles. The Kier molecular flexibility index (Phi) is 5.10. The average Bonchev–Trinajstić information content (AvgIpc) is 2.47. The maximum Gasteiger partial charge on any atom is 0.410 e. The molecule has 1 amide bonds. The van der Waals surface area contributed by atoms with Crippen LogP contribution in [0, 0.1) is 0 Å². The zero-order chi connectivity index (χ0) is 15.4. The summed E-state index contributed by atoms with van der Waals surface area (Å²) >= 11 is 0. The highest BCUT2D eigenvalue weighted by Crippen LogP contribution is 2.23. The van der Waals surface area contributed by atoms with Crippen LogP contribution in [0.25, 0.3) is 0 Å². The molecule has 1 saturated heterocycles. The predicted octanol–water partition coefficient (Wildman–Crippen LogP) is 3.30. The van der Waals surface area contributed by atoms with E-state index >= 15 is 0 Å². The normalized spacial score (nSPS) is 22.3. The smallest absolute Gasteiger partial charge is 0.410 e. The van der Waals surface area contributed by atoms with Crippen LogP contribution in [0.1, 0.15) is 33.3 Å². The molecule has 1 aliphatic heterocycles. The summed E-state index contributed by atoms with van der Waals surface area (Å²) in [5.74, 6) is 0. The molecule has 116 valence electrons. The fourth-order valence-corrected chi connectivity index (χ4v) is 3.03. The molecule has 0 N–H and O–H groups in total. The van der Waals surface area contributed by atoms with Crippen molar-refractivity contribution in [3.05, 3.63) is 29.8 Å². The molecule has 0 spiro atoms. The number of nitrogens with zero attached hydrogens (tertiary/aromatic N) is 2. The van der Waals surface area contributed by atoms with Gasteiger partial charge in [-0.2, -0.15) is 0 Å². The molecule has 1 heterocycles. The minimum absolute atomic E-state index is 0.152. The lowest BCUT2D eigenvalue weighted by Gasteiger charge is -2.44. The summed E-state index contributed by atoms with van der Waals surface area (Å²) in [6.07, 6.45) is 0.863. The molecule has 2 atom stereocenters. The van der Waals surface area contributed by atoms with Crippen LogP contribution < -0.4 is 4.90 Å². The Labute approximate surface area is 127 Å². The maximum absolute atomic E-state index is 12.0. The van der Waals surface area contributed by atoms with E-state index in [1.54, 1.807) is 0 Å². The lowest BCUT2D eigenvalue weighted by molar-refractivity contribution is 0.0698. The van der Waals surface area contributed by atoms with Gasteiger partial charge in [-0.25, -0.2) is 4.79 Å². The van der Waals surface area contributed by atoms with Gasteiger partial charge < -0.3 is 9.64 Å². The summed E-state index contributed by atoms with van der Waals surface area (Å²) in [6, 6.07) is 9.03. The Morgan fingerprint density at radius 3 is 2.19 bits per heavy atom. The van der Waals surface area contributed by atoms with Crippen LogP contribution in [-0.4, -0.2) is 42.8 Å². The van der Waals surface area contributed by atoms with Gasteiger partial charge in [0.2, 0.25) is 0 Å². The number of rotatable bonds is 3. The summed E-state index contributed by atoms with van der Waals surface area (Å²) < 4.78 is 5.16. The minimum atomic E-state index is -0.196. The lowest BCUT2D eigenvalue weighted by atomic mass is 10.1. The number of hydrogen-bond acceptors (Lipinski definition) is 3. The van der Waals surface area contributed by atoms with Crippen molar-refractivity contribution < 1.29 is 9.53 Å². The largest absolute Gasteiger partial charge is 0.450 e. The first-order chi connectivity index (χ1) is 10.1. The Morgan fingerprint density at radius 2 is 1.71 bits per heavy atom. The molecule has 0 aliphatic carbocycles. The molecule has 0 radical (unpaired) electrons. The van der Waals surface area contributed by atoms with Crippen LogP contribution in [0.5, 0.6) is 0 Å². The predicted molar refractivity (Wildman–Crippen MR) is 85.8 cm³/mol. The summed E-state index contributed by atoms with van der Waals surface area (Å²) in [7, 11) is 0. The maximum atomic E-state index is 12.0. The summed E-state index contributed by atoms with van der Waals surface area (Å²) in [4.78, 5) is 16.2. The van der Waals surface area contributed by atoms with Crippen LogP contribution >= 0.6 is 0 Å². The van der Waals surface area contributed by atoms with Crippen LogP contribution in [-0.2, 0) is 11.2 Å². The minimum Gasteiger partial charge on any atom is -0.450 e. The van der Waals surface area contributed by atoms with Crippen LogP contribution in [0.4, 0.5) is 10.5 Å². The highest BCUT2D eigenvalue weighted by atomic mass is 16.6. The molecule has 0 unspecified atom stereocenters. The number of anilines is 1. The molecule has 4 nitrogen and oxygen atoms in total. The van der Waals surface area contributed by atoms with Gasteiger partial charge in [0.05, 0.1) is 18.7 Å². The van der Waals surface area contributed by atoms with E-state index in [-0.39, 0.29) is 18.2 Å². The molecule has 21 heavy (non-hydrogen) atoms. The number of hydrogen-bond donors (Lipinski definition) is 0. The van der Waals surface area contributed by atoms with Crippen molar-refractivity contribution >= 4 is 11.8 Å². The van der Waals surface area contributed by atoms with Gasteiger partial charge in [0, 0.05) is 18.8 Å². The molecule has 2 rings (SSSR count). The Bertz CT molecular complexity index is 460. The van der Waals surface area contributed by atoms with Crippen LogP contribution in [0.3, 0.4) is 0 Å². The number of carbonyl (C=O) groups excluding carboxylic acids is 1. The van der Waals surface area contributed by atoms with Gasteiger partial charge in [-0.05, 0) is 44.9 Å². The van der Waals surface area contributed by atoms with Crippen molar-refractivity contribution in [2.75, 3.05) is 24.6 Å². The second-order valence-corrected chi connectivity index (χ2v) is 5.73. The standard InChI is InChI=1S/C17H26N2O2/c1-5-15-7-9-16(10-8-15)18-11-13(3)19(14(4)12-18)17(20)21-6-2/h7-10,13-14H,5-6,11-12H2,1-4H3/t13-,14+. The molecular weight excluding hydrogens is 264 g/mol. The van der Waals surface area contributed by atoms with Gasteiger partial charge in [0.15, 0.2) is 0 Å². The first kappa shape index (κ1) is 15.7. The topological polar surface area (TPSA) is 32.8 Å². The van der Waals surface area contributed by atoms with Gasteiger partial charge in [-0.15, -0.1) is 0 Å². The van der Waals surface area contributed by atoms with Gasteiger partial charge in [0.1, 0.15) is 0 Å². The number of benzene rings is 1. The van der Waals surface area contributed by atoms with E-state index in [9.17, 15) is 4.79 Å². The zero-order valence-corrected chi connectivity index (χ0v) is 13.5. The number of carbonyl (C=O) groups is 1. The number of aryl methyl sites for hydroxylation is 1. The molecule has 1 aliphatic rings. The average molecular weight is 290 g/mol. The fourth-order valence-electron chi connectivity index (χ4n) is 3.03. The van der Waals surface area contributed by atoms with Gasteiger partial charge in [-0.1, -0.05) is 19.1 Å². The van der Waals surface area contributed by atoms with Gasteiger partial charge in [0.25, 0.3) is 0 Å². The van der Waals surface area contributed by atoms with Gasteiger partial charge >= 0.3 is 6.09 Å². The highest BCUT2D eigenvalue weighted by molar-refractivity contribution is 5.69. The third-order valence-corrected chi connectivity index (χ3v) is 4.11. The second-order valence-electron chi connectivity index (χ2n) is 5.73. The van der Waals surface area contributed by atoms with Crippen molar-refractivity contribution in [1.82, 2.24) is 4.90 Å². The molecule has 1 aromatic rings. The summed E-state index contributed by atoms with van der Waals surface area (Å²) in [6.45, 7) is 10.3. The molecule has 0 saturated carbocycles. The number of ether oxygens (including phenoxy) is 1. The van der Waals surface area contributed by atoms with E-state index in [2.05, 4.69) is 49.9 Å². The highest BCUT2D eigenvalue weighted by Gasteiger charge is 2.33. The molecular formula is C17H26N2O2. The molecule has 0 bridgehead atoms. The van der Waals surface area contributed by atoms with Crippen molar-refractivity contribution in [2.24, 2.45) is 0 Å². The monoisotopic (exact) mass is 290 g/mol. The SMILES string of the molecule is CCOC(=O)N1[C@H](C)CN(c2ccc(CC)cc2)C[C@@H]1C. The van der Waals surface area contributed by atoms with Crippen molar-refractivity contribution in [1.29, 1.82) is 0 Å². The first-order valence-corrected chi connectivity index (χ1v) is 7.85. The lowest BCUT2D eigenvalue weighted by Crippen LogP contribution is -2.58. The van der Waals surface area contributed by atoms with Crippen molar-refractivity contribution in [3.63, 3.8) is 0 Å². The number of piperazine rings is 1. The van der Waals surface area contributed by atoms with E-state index in [0.717, 1.165) is 19.5 Å². The van der Waals surface area contributed by atoms with E-state index in [0.29, 0.717) is 6.61 Å². The van der Waals surface area contributed by atoms with Crippen molar-refractivity contribution in [2.45, 2.75) is 46.2 Å². The third-order valence-electron chi connectivity index (χ3n) is 4.11. The van der Waals surface area contributed by atoms with Crippen molar-refractivity contribution in [3.8, 4) is 0 Å². The fraction of sp³-hybridized carbons (Fsp3) is 0.588. The summed E-state index contributed by atoms with van der Waals surface area (Å²) in [5.41, 5.74) is 2.58. The second kappa shape index (κ2) is 6.83. The van der Waals surface area contributed by atoms with E-state index in [1.807, 2.05) is 11.8 Å². The van der Waals surface area contributed by atoms with E-state index in [4.69, 9.17) is 4.74 Å². The molecule has 1 fully saturated rings. The molecule has 0 aromatic heterocycles. The van der Waals surface area contributed by atoms with E-state index in [1.165, 1.54) is 11.3 Å². The van der Waals surface area contributed by atoms with Crippen LogP contribution in [0.15, 0.2) is 24.3 Å². The Balaban J connectivity index is 2.08. The third kappa shape index (κ3) is 3.49.